The third-order valence-electron chi connectivity index (χ3n) is 8.42. The molecule has 9 nitrogen and oxygen atoms in total. The Morgan fingerprint density at radius 1 is 1.02 bits per heavy atom. The largest absolute Gasteiger partial charge is 0.491 e. The molecular formula is C33H54Cl3N3O6Si. The predicted molar refractivity (Wildman–Crippen MR) is 189 cm³/mol. The minimum Gasteiger partial charge on any atom is -0.491 e. The standard InChI is InChI=1S/C33H54Cl3N3O6Si/c1-22(2)46(23(3)4,24(5)6)45-20-25-13-14-26(18-27(25)41-16-17-43-30-12-10-11-15-42-30)39-29(19-28(38-39)32(7,8)9)37-31(40)44-21-33(34,35)36/h13-14,18-19,22-24,30-31,37,40H,10-12,15-17,20-21H2,1-9H3. The first-order valence-corrected chi connectivity index (χ1v) is 19.6. The number of hydrogen-bond donors (Lipinski definition) is 2. The van der Waals surface area contributed by atoms with Gasteiger partial charge in [0, 0.05) is 29.7 Å². The first-order chi connectivity index (χ1) is 21.4. The van der Waals surface area contributed by atoms with Gasteiger partial charge in [-0.25, -0.2) is 4.68 Å². The molecule has 1 aromatic carbocycles. The Morgan fingerprint density at radius 2 is 1.70 bits per heavy atom. The van der Waals surface area contributed by atoms with Crippen molar-refractivity contribution in [3.63, 3.8) is 0 Å². The van der Waals surface area contributed by atoms with Crippen molar-refractivity contribution >= 4 is 48.9 Å². The van der Waals surface area contributed by atoms with Crippen LogP contribution in [0.5, 0.6) is 5.75 Å². The molecule has 46 heavy (non-hydrogen) atoms. The third kappa shape index (κ3) is 11.0. The van der Waals surface area contributed by atoms with E-state index >= 15 is 0 Å². The fourth-order valence-electron chi connectivity index (χ4n) is 6.19. The van der Waals surface area contributed by atoms with Crippen LogP contribution in [0.15, 0.2) is 24.3 Å². The number of anilines is 1. The first kappa shape index (κ1) is 39.4. The van der Waals surface area contributed by atoms with Crippen LogP contribution in [0.4, 0.5) is 5.82 Å². The normalized spacial score (nSPS) is 17.3. The van der Waals surface area contributed by atoms with Crippen LogP contribution < -0.4 is 10.1 Å². The van der Waals surface area contributed by atoms with E-state index < -0.39 is 18.5 Å². The number of benzene rings is 1. The maximum Gasteiger partial charge on any atom is 0.236 e. The van der Waals surface area contributed by atoms with Crippen molar-refractivity contribution in [2.45, 2.75) is 127 Å². The van der Waals surface area contributed by atoms with Crippen molar-refractivity contribution in [2.24, 2.45) is 0 Å². The van der Waals surface area contributed by atoms with E-state index in [2.05, 4.69) is 67.6 Å². The predicted octanol–water partition coefficient (Wildman–Crippen LogP) is 8.86. The molecule has 0 spiro atoms. The molecule has 262 valence electrons. The minimum atomic E-state index is -2.13. The number of nitrogens with zero attached hydrogens (tertiary/aromatic N) is 2. The highest BCUT2D eigenvalue weighted by molar-refractivity contribution is 6.77. The summed E-state index contributed by atoms with van der Waals surface area (Å²) < 4.78 is 30.4. The zero-order valence-electron chi connectivity index (χ0n) is 28.9. The number of aliphatic hydroxyl groups is 1. The highest BCUT2D eigenvalue weighted by Gasteiger charge is 2.45. The fraction of sp³-hybridized carbons (Fsp3) is 0.727. The zero-order chi connectivity index (χ0) is 34.3. The van der Waals surface area contributed by atoms with Crippen molar-refractivity contribution in [2.75, 3.05) is 31.7 Å². The molecule has 1 aliphatic heterocycles. The van der Waals surface area contributed by atoms with Gasteiger partial charge >= 0.3 is 0 Å². The first-order valence-electron chi connectivity index (χ1n) is 16.3. The van der Waals surface area contributed by atoms with Gasteiger partial charge < -0.3 is 33.8 Å². The molecule has 2 N–H and O–H groups in total. The van der Waals surface area contributed by atoms with Crippen LogP contribution >= 0.6 is 34.8 Å². The van der Waals surface area contributed by atoms with Crippen LogP contribution in [-0.4, -0.2) is 66.1 Å². The van der Waals surface area contributed by atoms with Crippen molar-refractivity contribution in [3.05, 3.63) is 35.5 Å². The average Bonchev–Trinajstić information content (AvgIpc) is 3.39. The zero-order valence-corrected chi connectivity index (χ0v) is 32.1. The van der Waals surface area contributed by atoms with Crippen LogP contribution in [-0.2, 0) is 30.7 Å². The number of nitrogens with one attached hydrogen (secondary N) is 1. The summed E-state index contributed by atoms with van der Waals surface area (Å²) >= 11 is 17.5. The number of aliphatic hydroxyl groups excluding tert-OH is 1. The van der Waals surface area contributed by atoms with Gasteiger partial charge in [0.15, 0.2) is 6.29 Å². The van der Waals surface area contributed by atoms with Crippen molar-refractivity contribution in [3.8, 4) is 11.4 Å². The molecule has 2 unspecified atom stereocenters. The van der Waals surface area contributed by atoms with Gasteiger partial charge in [-0.05, 0) is 42.0 Å². The Labute approximate surface area is 291 Å². The van der Waals surface area contributed by atoms with Crippen LogP contribution in [0, 0.1) is 0 Å². The monoisotopic (exact) mass is 721 g/mol. The van der Waals surface area contributed by atoms with Gasteiger partial charge in [0.1, 0.15) is 18.2 Å². The van der Waals surface area contributed by atoms with E-state index in [1.807, 2.05) is 24.3 Å². The summed E-state index contributed by atoms with van der Waals surface area (Å²) in [5.41, 5.74) is 3.55. The van der Waals surface area contributed by atoms with E-state index in [4.69, 9.17) is 63.3 Å². The number of alkyl halides is 3. The Balaban J connectivity index is 1.94. The topological polar surface area (TPSA) is 96.2 Å². The molecule has 0 aliphatic carbocycles. The van der Waals surface area contributed by atoms with Gasteiger partial charge in [-0.2, -0.15) is 5.10 Å². The molecular weight excluding hydrogens is 669 g/mol. The number of aromatic nitrogens is 2. The molecule has 3 rings (SSSR count). The molecule has 2 heterocycles. The highest BCUT2D eigenvalue weighted by atomic mass is 35.6. The van der Waals surface area contributed by atoms with Gasteiger partial charge in [0.25, 0.3) is 0 Å². The lowest BCUT2D eigenvalue weighted by molar-refractivity contribution is -0.165. The summed E-state index contributed by atoms with van der Waals surface area (Å²) in [5.74, 6) is 1.18. The number of ether oxygens (including phenoxy) is 4. The molecule has 13 heteroatoms. The molecule has 1 saturated heterocycles. The highest BCUT2D eigenvalue weighted by Crippen LogP contribution is 2.43. The van der Waals surface area contributed by atoms with Gasteiger partial charge in [-0.1, -0.05) is 103 Å². The molecule has 1 fully saturated rings. The lowest BCUT2D eigenvalue weighted by Gasteiger charge is -2.42. The van der Waals surface area contributed by atoms with Crippen LogP contribution in [0.25, 0.3) is 5.69 Å². The summed E-state index contributed by atoms with van der Waals surface area (Å²) in [6, 6.07) is 7.80. The Morgan fingerprint density at radius 3 is 2.26 bits per heavy atom. The molecule has 0 radical (unpaired) electrons. The fourth-order valence-corrected chi connectivity index (χ4v) is 11.8. The summed E-state index contributed by atoms with van der Waals surface area (Å²) in [5, 5.41) is 18.4. The Kier molecular flexibility index (Phi) is 14.6. The van der Waals surface area contributed by atoms with Crippen LogP contribution in [0.3, 0.4) is 0 Å². The van der Waals surface area contributed by atoms with Gasteiger partial charge in [-0.3, -0.25) is 0 Å². The minimum absolute atomic E-state index is 0.190. The smallest absolute Gasteiger partial charge is 0.236 e. The maximum atomic E-state index is 10.6. The van der Waals surface area contributed by atoms with E-state index in [9.17, 15) is 5.11 Å². The molecule has 0 bridgehead atoms. The molecule has 1 aromatic heterocycles. The summed E-state index contributed by atoms with van der Waals surface area (Å²) in [7, 11) is -2.13. The Hall–Kier alpha value is -1.08. The summed E-state index contributed by atoms with van der Waals surface area (Å²) in [6.07, 6.45) is 1.43. The van der Waals surface area contributed by atoms with E-state index in [0.717, 1.165) is 42.8 Å². The second kappa shape index (κ2) is 17.0. The van der Waals surface area contributed by atoms with E-state index in [1.165, 1.54) is 0 Å². The third-order valence-corrected chi connectivity index (χ3v) is 14.8. The molecule has 1 aliphatic rings. The molecule has 0 saturated carbocycles. The van der Waals surface area contributed by atoms with Gasteiger partial charge in [0.05, 0.1) is 31.2 Å². The van der Waals surface area contributed by atoms with Crippen molar-refractivity contribution < 1.29 is 28.5 Å². The van der Waals surface area contributed by atoms with Crippen molar-refractivity contribution in [1.29, 1.82) is 0 Å². The van der Waals surface area contributed by atoms with E-state index in [0.29, 0.717) is 48.0 Å². The number of rotatable bonds is 16. The van der Waals surface area contributed by atoms with E-state index in [1.54, 1.807) is 4.68 Å². The number of halogens is 3. The Bertz CT molecular complexity index is 1200. The summed E-state index contributed by atoms with van der Waals surface area (Å²) in [4.78, 5) is 0. The quantitative estimate of drug-likeness (QED) is 0.0768. The SMILES string of the molecule is CC(C)[Si](OCc1ccc(-n2nc(C(C)(C)C)cc2NC(O)OCC(Cl)(Cl)Cl)cc1OCCOC1CCCCO1)(C(C)C)C(C)C. The molecule has 0 amide bonds. The average molecular weight is 723 g/mol. The molecule has 2 atom stereocenters. The maximum absolute atomic E-state index is 10.6. The molecule has 2 aromatic rings. The van der Waals surface area contributed by atoms with Crippen molar-refractivity contribution in [1.82, 2.24) is 9.78 Å². The second-order valence-corrected chi connectivity index (χ2v) is 21.9. The van der Waals surface area contributed by atoms with Gasteiger partial charge in [0.2, 0.25) is 18.5 Å². The lowest BCUT2D eigenvalue weighted by atomic mass is 9.92. The van der Waals surface area contributed by atoms with E-state index in [-0.39, 0.29) is 18.3 Å². The second-order valence-electron chi connectivity index (χ2n) is 13.9. The lowest BCUT2D eigenvalue weighted by Crippen LogP contribution is -2.47. The van der Waals surface area contributed by atoms with Gasteiger partial charge in [-0.15, -0.1) is 0 Å². The van der Waals surface area contributed by atoms with Crippen LogP contribution in [0.1, 0.15) is 92.8 Å². The number of hydrogen-bond acceptors (Lipinski definition) is 8. The summed E-state index contributed by atoms with van der Waals surface area (Å²) in [6.45, 7) is 21.5. The van der Waals surface area contributed by atoms with Crippen LogP contribution in [0.2, 0.25) is 16.6 Å².